The average Bonchev–Trinajstić information content (AvgIpc) is 3.58. The van der Waals surface area contributed by atoms with E-state index in [4.69, 9.17) is 4.74 Å². The molecule has 0 unspecified atom stereocenters. The molecule has 42 heavy (non-hydrogen) atoms. The second kappa shape index (κ2) is 13.1. The molecule has 0 saturated carbocycles. The fraction of sp³-hybridized carbons (Fsp3) is 0.355. The Kier molecular flexibility index (Phi) is 9.34. The lowest BCUT2D eigenvalue weighted by Crippen LogP contribution is -2.48. The summed E-state index contributed by atoms with van der Waals surface area (Å²) in [6.45, 7) is 3.83. The van der Waals surface area contributed by atoms with Gasteiger partial charge in [-0.15, -0.1) is 10.8 Å². The predicted octanol–water partition coefficient (Wildman–Crippen LogP) is 4.43. The zero-order chi connectivity index (χ0) is 29.7. The van der Waals surface area contributed by atoms with Crippen molar-refractivity contribution < 1.29 is 23.7 Å². The first-order chi connectivity index (χ1) is 20.3. The summed E-state index contributed by atoms with van der Waals surface area (Å²) < 4.78 is 30.1. The number of amides is 1. The topological polar surface area (TPSA) is 132 Å². The number of nitrogens with zero attached hydrogens (tertiary/aromatic N) is 3. The van der Waals surface area contributed by atoms with E-state index in [9.17, 15) is 19.0 Å². The Morgan fingerprint density at radius 2 is 1.88 bits per heavy atom. The summed E-state index contributed by atoms with van der Waals surface area (Å²) in [5.41, 5.74) is 3.69. The highest BCUT2D eigenvalue weighted by Crippen LogP contribution is 2.52. The van der Waals surface area contributed by atoms with Gasteiger partial charge >= 0.3 is 0 Å². The Bertz CT molecular complexity index is 1510. The third-order valence-electron chi connectivity index (χ3n) is 7.60. The number of nitrogens with one attached hydrogen (secondary N) is 2. The van der Waals surface area contributed by atoms with Gasteiger partial charge in [0.2, 0.25) is 0 Å². The van der Waals surface area contributed by atoms with Crippen LogP contribution in [0.4, 0.5) is 5.69 Å². The number of methoxy groups -OCH3 is 1. The van der Waals surface area contributed by atoms with Crippen molar-refractivity contribution in [3.05, 3.63) is 89.6 Å². The molecule has 0 radical (unpaired) electrons. The number of anilines is 1. The number of aromatic nitrogens is 2. The summed E-state index contributed by atoms with van der Waals surface area (Å²) in [6.07, 6.45) is 1.91. The van der Waals surface area contributed by atoms with Gasteiger partial charge in [0.05, 0.1) is 42.4 Å². The summed E-state index contributed by atoms with van der Waals surface area (Å²) in [5, 5.41) is 22.9. The molecule has 0 aliphatic carbocycles. The highest BCUT2D eigenvalue weighted by atomic mass is 32.3. The van der Waals surface area contributed by atoms with E-state index in [2.05, 4.69) is 15.7 Å². The molecule has 5 rings (SSSR count). The zero-order valence-corrected chi connectivity index (χ0v) is 24.8. The van der Waals surface area contributed by atoms with Crippen molar-refractivity contribution in [2.45, 2.75) is 45.0 Å². The second-order valence-corrected chi connectivity index (χ2v) is 12.6. The van der Waals surface area contributed by atoms with Gasteiger partial charge in [-0.25, -0.2) is 0 Å². The lowest BCUT2D eigenvalue weighted by atomic mass is 10.00. The van der Waals surface area contributed by atoms with E-state index in [1.807, 2.05) is 61.5 Å². The first-order valence-corrected chi connectivity index (χ1v) is 15.9. The highest BCUT2D eigenvalue weighted by Gasteiger charge is 2.32. The Hall–Kier alpha value is -3.61. The minimum Gasteiger partial charge on any atom is -0.497 e. The maximum absolute atomic E-state index is 13.8. The SMILES string of the molecule is CCn1ncc2c(N3CCCS3(O)O)cc(C(=O)N[C@@H](Cc3ccccc3)[C@H](O)CNCc3cccc(OC)c3)cc21. The smallest absolute Gasteiger partial charge is 0.251 e. The van der Waals surface area contributed by atoms with Crippen molar-refractivity contribution in [3.63, 3.8) is 0 Å². The number of hydrogen-bond donors (Lipinski definition) is 5. The third kappa shape index (κ3) is 6.71. The quantitative estimate of drug-likeness (QED) is 0.163. The molecule has 1 saturated heterocycles. The number of benzene rings is 3. The van der Waals surface area contributed by atoms with Crippen LogP contribution >= 0.6 is 10.8 Å². The summed E-state index contributed by atoms with van der Waals surface area (Å²) in [4.78, 5) is 13.8. The van der Waals surface area contributed by atoms with Crippen molar-refractivity contribution in [2.75, 3.05) is 30.3 Å². The number of carbonyl (C=O) groups excluding carboxylic acids is 1. The van der Waals surface area contributed by atoms with E-state index in [1.165, 1.54) is 0 Å². The number of rotatable bonds is 12. The molecule has 0 bridgehead atoms. The Morgan fingerprint density at radius 3 is 2.60 bits per heavy atom. The van der Waals surface area contributed by atoms with Crippen LogP contribution in [0.5, 0.6) is 5.75 Å². The monoisotopic (exact) mass is 593 g/mol. The van der Waals surface area contributed by atoms with Crippen LogP contribution in [0.3, 0.4) is 0 Å². The first kappa shape index (κ1) is 29.9. The highest BCUT2D eigenvalue weighted by molar-refractivity contribution is 8.25. The predicted molar refractivity (Wildman–Crippen MR) is 167 cm³/mol. The van der Waals surface area contributed by atoms with Crippen LogP contribution in [0, 0.1) is 0 Å². The van der Waals surface area contributed by atoms with E-state index >= 15 is 0 Å². The van der Waals surface area contributed by atoms with Gasteiger partial charge in [-0.1, -0.05) is 42.5 Å². The van der Waals surface area contributed by atoms with Gasteiger partial charge in [-0.2, -0.15) is 5.10 Å². The van der Waals surface area contributed by atoms with Crippen molar-refractivity contribution in [1.29, 1.82) is 0 Å². The van der Waals surface area contributed by atoms with Crippen LogP contribution in [-0.4, -0.2) is 68.0 Å². The minimum atomic E-state index is -2.98. The van der Waals surface area contributed by atoms with E-state index in [0.717, 1.165) is 27.8 Å². The molecule has 3 aromatic carbocycles. The standard InChI is InChI=1S/C31H39N5O5S/c1-3-35-28-17-24(18-29(26(28)20-33-35)36-13-8-14-42(36,39)40)31(38)34-27(16-22-9-5-4-6-10-22)30(37)21-32-19-23-11-7-12-25(15-23)41-2/h4-7,9-12,15,17-18,20,27,30,32,37,39-40H,3,8,13-14,16,19,21H2,1-2H3,(H,34,38)/t27-,30+/m0/s1. The average molecular weight is 594 g/mol. The Labute approximate surface area is 247 Å². The molecule has 5 N–H and O–H groups in total. The molecule has 11 heteroatoms. The van der Waals surface area contributed by atoms with Gasteiger partial charge in [0.1, 0.15) is 5.75 Å². The Balaban J connectivity index is 1.38. The van der Waals surface area contributed by atoms with Crippen LogP contribution in [0.1, 0.15) is 34.8 Å². The summed E-state index contributed by atoms with van der Waals surface area (Å²) in [7, 11) is -1.35. The minimum absolute atomic E-state index is 0.260. The summed E-state index contributed by atoms with van der Waals surface area (Å²) in [5.74, 6) is 0.700. The molecule has 10 nitrogen and oxygen atoms in total. The summed E-state index contributed by atoms with van der Waals surface area (Å²) in [6, 6.07) is 20.3. The number of fused-ring (bicyclic) bond motifs is 1. The lowest BCUT2D eigenvalue weighted by molar-refractivity contribution is 0.0830. The third-order valence-corrected chi connectivity index (χ3v) is 9.52. The number of hydrogen-bond acceptors (Lipinski definition) is 8. The fourth-order valence-corrected chi connectivity index (χ4v) is 7.00. The molecule has 1 amide bonds. The second-order valence-electron chi connectivity index (χ2n) is 10.5. The molecule has 224 valence electrons. The van der Waals surface area contributed by atoms with Crippen LogP contribution in [0.15, 0.2) is 72.9 Å². The molecular weight excluding hydrogens is 554 g/mol. The van der Waals surface area contributed by atoms with Gasteiger partial charge in [0, 0.05) is 37.1 Å². The van der Waals surface area contributed by atoms with Crippen LogP contribution in [-0.2, 0) is 19.5 Å². The van der Waals surface area contributed by atoms with Gasteiger partial charge in [-0.3, -0.25) is 22.9 Å². The number of ether oxygens (including phenoxy) is 1. The maximum Gasteiger partial charge on any atom is 0.251 e. The first-order valence-electron chi connectivity index (χ1n) is 14.2. The van der Waals surface area contributed by atoms with Crippen LogP contribution < -0.4 is 19.7 Å². The van der Waals surface area contributed by atoms with E-state index in [0.29, 0.717) is 49.5 Å². The summed E-state index contributed by atoms with van der Waals surface area (Å²) >= 11 is 0. The Morgan fingerprint density at radius 1 is 1.10 bits per heavy atom. The molecule has 2 heterocycles. The van der Waals surface area contributed by atoms with E-state index in [1.54, 1.807) is 34.4 Å². The van der Waals surface area contributed by atoms with Crippen molar-refractivity contribution in [3.8, 4) is 5.75 Å². The molecule has 1 aliphatic heterocycles. The van der Waals surface area contributed by atoms with Crippen LogP contribution in [0.25, 0.3) is 10.9 Å². The number of aliphatic hydroxyl groups excluding tert-OH is 1. The number of aryl methyl sites for hydroxylation is 1. The zero-order valence-electron chi connectivity index (χ0n) is 23.9. The van der Waals surface area contributed by atoms with E-state index in [-0.39, 0.29) is 12.5 Å². The molecule has 1 fully saturated rings. The van der Waals surface area contributed by atoms with Gasteiger partial charge in [-0.05, 0) is 55.2 Å². The fourth-order valence-electron chi connectivity index (χ4n) is 5.38. The largest absolute Gasteiger partial charge is 0.497 e. The number of carbonyl (C=O) groups is 1. The normalized spacial score (nSPS) is 16.7. The molecule has 0 spiro atoms. The van der Waals surface area contributed by atoms with Crippen LogP contribution in [0.2, 0.25) is 0 Å². The molecular formula is C31H39N5O5S. The lowest BCUT2D eigenvalue weighted by Gasteiger charge is -2.38. The molecule has 4 aromatic rings. The van der Waals surface area contributed by atoms with Crippen molar-refractivity contribution in [1.82, 2.24) is 20.4 Å². The molecule has 1 aliphatic rings. The molecule has 2 atom stereocenters. The molecule has 1 aromatic heterocycles. The van der Waals surface area contributed by atoms with Crippen molar-refractivity contribution in [2.24, 2.45) is 0 Å². The van der Waals surface area contributed by atoms with Gasteiger partial charge in [0.25, 0.3) is 5.91 Å². The maximum atomic E-state index is 13.8. The van der Waals surface area contributed by atoms with Gasteiger partial charge in [0.15, 0.2) is 0 Å². The van der Waals surface area contributed by atoms with Crippen molar-refractivity contribution >= 4 is 33.3 Å². The number of aliphatic hydroxyl groups is 1. The van der Waals surface area contributed by atoms with E-state index < -0.39 is 22.9 Å². The van der Waals surface area contributed by atoms with Gasteiger partial charge < -0.3 is 20.5 Å².